The van der Waals surface area contributed by atoms with Gasteiger partial charge in [-0.1, -0.05) is 12.1 Å². The molecule has 0 spiro atoms. The van der Waals surface area contributed by atoms with Crippen LogP contribution < -0.4 is 5.32 Å². The number of Topliss-reactive ketones (excluding diaryl/α,β-unsaturated/α-hetero) is 1. The van der Waals surface area contributed by atoms with E-state index in [1.807, 2.05) is 4.90 Å². The molecule has 1 aromatic carbocycles. The summed E-state index contributed by atoms with van der Waals surface area (Å²) < 4.78 is 0. The minimum Gasteiger partial charge on any atom is -0.339 e. The molecule has 1 aromatic rings. The fraction of sp³-hybridized carbons (Fsp3) is 0.579. The van der Waals surface area contributed by atoms with Gasteiger partial charge in [-0.3, -0.25) is 9.59 Å². The van der Waals surface area contributed by atoms with Crippen molar-refractivity contribution in [1.82, 2.24) is 15.1 Å². The number of piperidine rings is 1. The first-order chi connectivity index (χ1) is 11.6. The number of carbonyl (C=O) groups is 2. The van der Waals surface area contributed by atoms with E-state index in [-0.39, 0.29) is 11.7 Å². The van der Waals surface area contributed by atoms with E-state index < -0.39 is 0 Å². The highest BCUT2D eigenvalue weighted by molar-refractivity contribution is 5.97. The lowest BCUT2D eigenvalue weighted by atomic mass is 9.95. The first kappa shape index (κ1) is 17.1. The van der Waals surface area contributed by atoms with Crippen LogP contribution in [0.15, 0.2) is 24.3 Å². The van der Waals surface area contributed by atoms with Gasteiger partial charge in [-0.05, 0) is 37.8 Å². The third-order valence-electron chi connectivity index (χ3n) is 5.17. The first-order valence-electron chi connectivity index (χ1n) is 8.97. The molecule has 1 N–H and O–H groups in total. The molecule has 24 heavy (non-hydrogen) atoms. The van der Waals surface area contributed by atoms with Crippen LogP contribution in [0.5, 0.6) is 0 Å². The van der Waals surface area contributed by atoms with Gasteiger partial charge in [0.25, 0.3) is 5.91 Å². The average Bonchev–Trinajstić information content (AvgIpc) is 2.63. The SMILES string of the molecule is CC(=O)c1ccc(C(=O)N2CCC(CN3CCNCC3)CC2)cc1. The number of amides is 1. The van der Waals surface area contributed by atoms with Crippen LogP contribution in [0.3, 0.4) is 0 Å². The molecule has 5 nitrogen and oxygen atoms in total. The molecule has 130 valence electrons. The standard InChI is InChI=1S/C19H27N3O2/c1-15(23)17-2-4-18(5-3-17)19(24)22-10-6-16(7-11-22)14-21-12-8-20-9-13-21/h2-5,16,20H,6-14H2,1H3. The topological polar surface area (TPSA) is 52.7 Å². The van der Waals surface area contributed by atoms with Crippen LogP contribution in [0, 0.1) is 5.92 Å². The molecule has 2 fully saturated rings. The Bertz CT molecular complexity index is 571. The Morgan fingerprint density at radius 2 is 1.58 bits per heavy atom. The van der Waals surface area contributed by atoms with Gasteiger partial charge in [-0.25, -0.2) is 0 Å². The van der Waals surface area contributed by atoms with Gasteiger partial charge in [-0.2, -0.15) is 0 Å². The Kier molecular flexibility index (Phi) is 5.63. The first-order valence-corrected chi connectivity index (χ1v) is 8.97. The lowest BCUT2D eigenvalue weighted by Crippen LogP contribution is -2.47. The lowest BCUT2D eigenvalue weighted by molar-refractivity contribution is 0.0663. The van der Waals surface area contributed by atoms with E-state index in [0.717, 1.165) is 58.7 Å². The second kappa shape index (κ2) is 7.90. The zero-order valence-corrected chi connectivity index (χ0v) is 14.5. The normalized spacial score (nSPS) is 20.1. The van der Waals surface area contributed by atoms with Crippen molar-refractivity contribution in [3.8, 4) is 0 Å². The summed E-state index contributed by atoms with van der Waals surface area (Å²) in [4.78, 5) is 28.4. The predicted molar refractivity (Wildman–Crippen MR) is 94.4 cm³/mol. The van der Waals surface area contributed by atoms with Crippen LogP contribution >= 0.6 is 0 Å². The number of benzene rings is 1. The molecule has 0 aromatic heterocycles. The molecular weight excluding hydrogens is 302 g/mol. The molecule has 1 amide bonds. The molecule has 5 heteroatoms. The number of ketones is 1. The molecule has 0 atom stereocenters. The summed E-state index contributed by atoms with van der Waals surface area (Å²) >= 11 is 0. The van der Waals surface area contributed by atoms with Crippen molar-refractivity contribution in [2.24, 2.45) is 5.92 Å². The summed E-state index contributed by atoms with van der Waals surface area (Å²) in [6, 6.07) is 7.02. The van der Waals surface area contributed by atoms with Crippen LogP contribution in [-0.2, 0) is 0 Å². The average molecular weight is 329 g/mol. The van der Waals surface area contributed by atoms with Crippen molar-refractivity contribution in [2.75, 3.05) is 45.8 Å². The number of nitrogens with zero attached hydrogens (tertiary/aromatic N) is 2. The molecule has 2 heterocycles. The van der Waals surface area contributed by atoms with E-state index in [0.29, 0.717) is 17.0 Å². The van der Waals surface area contributed by atoms with Crippen molar-refractivity contribution in [2.45, 2.75) is 19.8 Å². The summed E-state index contributed by atoms with van der Waals surface area (Å²) in [6.45, 7) is 8.84. The zero-order valence-electron chi connectivity index (χ0n) is 14.5. The van der Waals surface area contributed by atoms with Crippen molar-refractivity contribution in [1.29, 1.82) is 0 Å². The van der Waals surface area contributed by atoms with Crippen LogP contribution in [-0.4, -0.2) is 67.3 Å². The fourth-order valence-electron chi connectivity index (χ4n) is 3.61. The van der Waals surface area contributed by atoms with Gasteiger partial charge in [0.2, 0.25) is 0 Å². The Morgan fingerprint density at radius 3 is 2.17 bits per heavy atom. The van der Waals surface area contributed by atoms with Crippen LogP contribution in [0.2, 0.25) is 0 Å². The predicted octanol–water partition coefficient (Wildman–Crippen LogP) is 1.65. The third-order valence-corrected chi connectivity index (χ3v) is 5.17. The van der Waals surface area contributed by atoms with Crippen molar-refractivity contribution < 1.29 is 9.59 Å². The molecule has 0 saturated carbocycles. The summed E-state index contributed by atoms with van der Waals surface area (Å²) in [6.07, 6.45) is 2.17. The summed E-state index contributed by atoms with van der Waals surface area (Å²) in [5.74, 6) is 0.820. The number of hydrogen-bond donors (Lipinski definition) is 1. The Hall–Kier alpha value is -1.72. The molecule has 2 aliphatic heterocycles. The number of piperazine rings is 1. The Labute approximate surface area is 144 Å². The number of rotatable bonds is 4. The van der Waals surface area contributed by atoms with Gasteiger partial charge >= 0.3 is 0 Å². The highest BCUT2D eigenvalue weighted by atomic mass is 16.2. The number of likely N-dealkylation sites (tertiary alicyclic amines) is 1. The van der Waals surface area contributed by atoms with Crippen LogP contribution in [0.1, 0.15) is 40.5 Å². The van der Waals surface area contributed by atoms with Gasteiger partial charge < -0.3 is 15.1 Å². The van der Waals surface area contributed by atoms with Gasteiger partial charge in [0.1, 0.15) is 0 Å². The highest BCUT2D eigenvalue weighted by Gasteiger charge is 2.25. The number of carbonyl (C=O) groups excluding carboxylic acids is 2. The third kappa shape index (κ3) is 4.22. The highest BCUT2D eigenvalue weighted by Crippen LogP contribution is 2.20. The van der Waals surface area contributed by atoms with Gasteiger partial charge in [-0.15, -0.1) is 0 Å². The zero-order chi connectivity index (χ0) is 16.9. The maximum Gasteiger partial charge on any atom is 0.253 e. The maximum absolute atomic E-state index is 12.6. The van der Waals surface area contributed by atoms with Crippen LogP contribution in [0.4, 0.5) is 0 Å². The van der Waals surface area contributed by atoms with Gasteiger partial charge in [0.15, 0.2) is 5.78 Å². The number of nitrogens with one attached hydrogen (secondary N) is 1. The second-order valence-corrected chi connectivity index (χ2v) is 6.92. The second-order valence-electron chi connectivity index (χ2n) is 6.92. The van der Waals surface area contributed by atoms with E-state index in [4.69, 9.17) is 0 Å². The van der Waals surface area contributed by atoms with E-state index >= 15 is 0 Å². The summed E-state index contributed by atoms with van der Waals surface area (Å²) in [7, 11) is 0. The monoisotopic (exact) mass is 329 g/mol. The summed E-state index contributed by atoms with van der Waals surface area (Å²) in [5, 5.41) is 3.39. The smallest absolute Gasteiger partial charge is 0.253 e. The maximum atomic E-state index is 12.6. The minimum absolute atomic E-state index is 0.0303. The quantitative estimate of drug-likeness (QED) is 0.854. The van der Waals surface area contributed by atoms with Crippen molar-refractivity contribution >= 4 is 11.7 Å². The summed E-state index contributed by atoms with van der Waals surface area (Å²) in [5.41, 5.74) is 1.34. The molecule has 0 radical (unpaired) electrons. The molecule has 0 bridgehead atoms. The van der Waals surface area contributed by atoms with Crippen LogP contribution in [0.25, 0.3) is 0 Å². The van der Waals surface area contributed by atoms with E-state index in [9.17, 15) is 9.59 Å². The molecule has 2 saturated heterocycles. The van der Waals surface area contributed by atoms with Crippen molar-refractivity contribution in [3.63, 3.8) is 0 Å². The van der Waals surface area contributed by atoms with E-state index in [2.05, 4.69) is 10.2 Å². The molecule has 3 rings (SSSR count). The minimum atomic E-state index is 0.0303. The molecular formula is C19H27N3O2. The van der Waals surface area contributed by atoms with E-state index in [1.54, 1.807) is 31.2 Å². The van der Waals surface area contributed by atoms with Gasteiger partial charge in [0.05, 0.1) is 0 Å². The molecule has 0 unspecified atom stereocenters. The number of hydrogen-bond acceptors (Lipinski definition) is 4. The molecule has 0 aliphatic carbocycles. The van der Waals surface area contributed by atoms with Gasteiger partial charge in [0, 0.05) is 56.9 Å². The fourth-order valence-corrected chi connectivity index (χ4v) is 3.61. The van der Waals surface area contributed by atoms with E-state index in [1.165, 1.54) is 0 Å². The Morgan fingerprint density at radius 1 is 1.00 bits per heavy atom. The lowest BCUT2D eigenvalue weighted by Gasteiger charge is -2.36. The Balaban J connectivity index is 1.50. The largest absolute Gasteiger partial charge is 0.339 e. The molecule has 2 aliphatic rings. The van der Waals surface area contributed by atoms with Crippen molar-refractivity contribution in [3.05, 3.63) is 35.4 Å².